The van der Waals surface area contributed by atoms with Gasteiger partial charge in [-0.25, -0.2) is 0 Å². The summed E-state index contributed by atoms with van der Waals surface area (Å²) in [7, 11) is 0. The van der Waals surface area contributed by atoms with E-state index in [2.05, 4.69) is 10.3 Å². The van der Waals surface area contributed by atoms with E-state index < -0.39 is 5.97 Å². The van der Waals surface area contributed by atoms with Gasteiger partial charge in [-0.2, -0.15) is 11.8 Å². The second-order valence-corrected chi connectivity index (χ2v) is 4.80. The number of hydrogen-bond donors (Lipinski definition) is 2. The highest BCUT2D eigenvalue weighted by molar-refractivity contribution is 7.99. The number of thioether (sulfide) groups is 1. The molecule has 17 heavy (non-hydrogen) atoms. The van der Waals surface area contributed by atoms with Crippen LogP contribution in [0.5, 0.6) is 0 Å². The highest BCUT2D eigenvalue weighted by atomic mass is 32.2. The van der Waals surface area contributed by atoms with Gasteiger partial charge in [0, 0.05) is 30.7 Å². The van der Waals surface area contributed by atoms with Crippen molar-refractivity contribution < 1.29 is 9.90 Å². The molecule has 0 radical (unpaired) electrons. The number of nitrogens with one attached hydrogen (secondary N) is 1. The average molecular weight is 254 g/mol. The molecule has 1 aromatic heterocycles. The standard InChI is InChI=1S/C12H18N2O2S/c15-12(16)4-7-13-8-10-17-9-5-11-3-1-2-6-14-11/h1-3,6,13H,4-5,7-10H2,(H,15,16). The normalized spacial score (nSPS) is 10.4. The number of nitrogens with zero attached hydrogens (tertiary/aromatic N) is 1. The average Bonchev–Trinajstić information content (AvgIpc) is 2.33. The van der Waals surface area contributed by atoms with E-state index >= 15 is 0 Å². The lowest BCUT2D eigenvalue weighted by Crippen LogP contribution is -2.20. The molecule has 1 aromatic rings. The smallest absolute Gasteiger partial charge is 0.304 e. The number of hydrogen-bond acceptors (Lipinski definition) is 4. The fourth-order valence-electron chi connectivity index (χ4n) is 1.29. The minimum absolute atomic E-state index is 0.193. The Balaban J connectivity index is 1.90. The number of aliphatic carboxylic acids is 1. The summed E-state index contributed by atoms with van der Waals surface area (Å²) >= 11 is 1.86. The minimum Gasteiger partial charge on any atom is -0.481 e. The van der Waals surface area contributed by atoms with Gasteiger partial charge in [-0.05, 0) is 24.3 Å². The van der Waals surface area contributed by atoms with Gasteiger partial charge in [0.15, 0.2) is 0 Å². The van der Waals surface area contributed by atoms with E-state index in [9.17, 15) is 4.79 Å². The maximum atomic E-state index is 10.2. The van der Waals surface area contributed by atoms with E-state index in [-0.39, 0.29) is 6.42 Å². The summed E-state index contributed by atoms with van der Waals surface area (Å²) in [6.07, 6.45) is 2.99. The number of rotatable bonds is 9. The first-order valence-electron chi connectivity index (χ1n) is 5.69. The van der Waals surface area contributed by atoms with E-state index in [1.165, 1.54) is 0 Å². The van der Waals surface area contributed by atoms with Crippen molar-refractivity contribution in [2.45, 2.75) is 12.8 Å². The SMILES string of the molecule is O=C(O)CCNCCSCCc1ccccn1. The van der Waals surface area contributed by atoms with Crippen LogP contribution in [-0.2, 0) is 11.2 Å². The van der Waals surface area contributed by atoms with Gasteiger partial charge < -0.3 is 10.4 Å². The molecule has 1 heterocycles. The van der Waals surface area contributed by atoms with Gasteiger partial charge in [-0.3, -0.25) is 9.78 Å². The van der Waals surface area contributed by atoms with Crippen LogP contribution < -0.4 is 5.32 Å². The molecule has 0 aliphatic carbocycles. The molecular formula is C12H18N2O2S. The maximum Gasteiger partial charge on any atom is 0.304 e. The Morgan fingerprint density at radius 1 is 1.35 bits per heavy atom. The third-order valence-corrected chi connectivity index (χ3v) is 3.15. The van der Waals surface area contributed by atoms with Crippen LogP contribution >= 0.6 is 11.8 Å². The summed E-state index contributed by atoms with van der Waals surface area (Å²) < 4.78 is 0. The Morgan fingerprint density at radius 3 is 2.94 bits per heavy atom. The van der Waals surface area contributed by atoms with Crippen molar-refractivity contribution >= 4 is 17.7 Å². The van der Waals surface area contributed by atoms with Crippen molar-refractivity contribution in [1.82, 2.24) is 10.3 Å². The molecule has 0 saturated carbocycles. The molecular weight excluding hydrogens is 236 g/mol. The zero-order valence-electron chi connectivity index (χ0n) is 9.76. The van der Waals surface area contributed by atoms with Crippen LogP contribution in [0, 0.1) is 0 Å². The van der Waals surface area contributed by atoms with Gasteiger partial charge in [0.1, 0.15) is 0 Å². The number of pyridine rings is 1. The van der Waals surface area contributed by atoms with Crippen LogP contribution in [0.1, 0.15) is 12.1 Å². The number of carbonyl (C=O) groups is 1. The van der Waals surface area contributed by atoms with E-state index in [4.69, 9.17) is 5.11 Å². The molecule has 0 aliphatic rings. The molecule has 0 atom stereocenters. The van der Waals surface area contributed by atoms with E-state index in [0.29, 0.717) is 6.54 Å². The molecule has 0 aliphatic heterocycles. The molecule has 0 saturated heterocycles. The van der Waals surface area contributed by atoms with Crippen LogP contribution in [0.3, 0.4) is 0 Å². The predicted molar refractivity (Wildman–Crippen MR) is 70.4 cm³/mol. The molecule has 0 amide bonds. The van der Waals surface area contributed by atoms with E-state index in [0.717, 1.165) is 30.2 Å². The van der Waals surface area contributed by atoms with Crippen molar-refractivity contribution in [3.8, 4) is 0 Å². The summed E-state index contributed by atoms with van der Waals surface area (Å²) in [5, 5.41) is 11.5. The Labute approximate surface area is 106 Å². The van der Waals surface area contributed by atoms with Crippen molar-refractivity contribution in [2.75, 3.05) is 24.6 Å². The second kappa shape index (κ2) is 9.01. The van der Waals surface area contributed by atoms with Crippen molar-refractivity contribution in [3.05, 3.63) is 30.1 Å². The second-order valence-electron chi connectivity index (χ2n) is 3.58. The number of aryl methyl sites for hydroxylation is 1. The molecule has 1 rings (SSSR count). The number of carboxylic acids is 1. The Kier molecular flexibility index (Phi) is 7.42. The zero-order valence-corrected chi connectivity index (χ0v) is 10.6. The molecule has 0 bridgehead atoms. The lowest BCUT2D eigenvalue weighted by atomic mass is 10.3. The summed E-state index contributed by atoms with van der Waals surface area (Å²) in [6.45, 7) is 1.41. The van der Waals surface area contributed by atoms with Crippen LogP contribution in [0.25, 0.3) is 0 Å². The third-order valence-electron chi connectivity index (χ3n) is 2.17. The van der Waals surface area contributed by atoms with Crippen molar-refractivity contribution in [3.63, 3.8) is 0 Å². The van der Waals surface area contributed by atoms with Crippen LogP contribution in [0.4, 0.5) is 0 Å². The first kappa shape index (κ1) is 14.0. The number of carboxylic acid groups (broad SMARTS) is 1. The lowest BCUT2D eigenvalue weighted by Gasteiger charge is -2.03. The third kappa shape index (κ3) is 7.76. The quantitative estimate of drug-likeness (QED) is 0.653. The number of aromatic nitrogens is 1. The van der Waals surface area contributed by atoms with Crippen LogP contribution in [-0.4, -0.2) is 40.7 Å². The van der Waals surface area contributed by atoms with Crippen LogP contribution in [0.15, 0.2) is 24.4 Å². The predicted octanol–water partition coefficient (Wildman–Crippen LogP) is 1.42. The van der Waals surface area contributed by atoms with E-state index in [1.807, 2.05) is 36.2 Å². The molecule has 0 fully saturated rings. The maximum absolute atomic E-state index is 10.2. The summed E-state index contributed by atoms with van der Waals surface area (Å²) in [4.78, 5) is 14.5. The van der Waals surface area contributed by atoms with Crippen molar-refractivity contribution in [1.29, 1.82) is 0 Å². The summed E-state index contributed by atoms with van der Waals surface area (Å²) in [5.41, 5.74) is 1.12. The molecule has 4 nitrogen and oxygen atoms in total. The lowest BCUT2D eigenvalue weighted by molar-refractivity contribution is -0.136. The summed E-state index contributed by atoms with van der Waals surface area (Å²) in [6, 6.07) is 5.95. The fourth-order valence-corrected chi connectivity index (χ4v) is 2.14. The monoisotopic (exact) mass is 254 g/mol. The van der Waals surface area contributed by atoms with Gasteiger partial charge >= 0.3 is 5.97 Å². The first-order valence-corrected chi connectivity index (χ1v) is 6.84. The Bertz CT molecular complexity index is 320. The van der Waals surface area contributed by atoms with Gasteiger partial charge in [-0.1, -0.05) is 6.07 Å². The largest absolute Gasteiger partial charge is 0.481 e. The Morgan fingerprint density at radius 2 is 2.24 bits per heavy atom. The topological polar surface area (TPSA) is 62.2 Å². The summed E-state index contributed by atoms with van der Waals surface area (Å²) in [5.74, 6) is 1.31. The molecule has 2 N–H and O–H groups in total. The van der Waals surface area contributed by atoms with Gasteiger partial charge in [0.05, 0.1) is 6.42 Å². The van der Waals surface area contributed by atoms with E-state index in [1.54, 1.807) is 0 Å². The van der Waals surface area contributed by atoms with Gasteiger partial charge in [-0.15, -0.1) is 0 Å². The fraction of sp³-hybridized carbons (Fsp3) is 0.500. The molecule has 0 spiro atoms. The molecule has 94 valence electrons. The van der Waals surface area contributed by atoms with Gasteiger partial charge in [0.2, 0.25) is 0 Å². The Hall–Kier alpha value is -1.07. The molecule has 0 aromatic carbocycles. The molecule has 0 unspecified atom stereocenters. The zero-order chi connectivity index (χ0) is 12.3. The van der Waals surface area contributed by atoms with Gasteiger partial charge in [0.25, 0.3) is 0 Å². The highest BCUT2D eigenvalue weighted by Crippen LogP contribution is 2.03. The van der Waals surface area contributed by atoms with Crippen molar-refractivity contribution in [2.24, 2.45) is 0 Å². The minimum atomic E-state index is -0.750. The first-order chi connectivity index (χ1) is 8.29. The van der Waals surface area contributed by atoms with Crippen LogP contribution in [0.2, 0.25) is 0 Å². The molecule has 5 heteroatoms. The highest BCUT2D eigenvalue weighted by Gasteiger charge is 1.96.